The number of hydrogen-bond acceptors (Lipinski definition) is 2. The number of halogens is 1. The third kappa shape index (κ3) is 5.70. The fourth-order valence-corrected chi connectivity index (χ4v) is 4.07. The van der Waals surface area contributed by atoms with E-state index < -0.39 is 0 Å². The van der Waals surface area contributed by atoms with Gasteiger partial charge in [-0.2, -0.15) is 6.67 Å². The molecule has 1 aliphatic heterocycles. The number of benzene rings is 2. The van der Waals surface area contributed by atoms with Gasteiger partial charge in [-0.3, -0.25) is 0 Å². The molecule has 0 amide bonds. The number of rotatable bonds is 5. The fraction of sp³-hybridized carbons (Fsp3) is 0.400. The van der Waals surface area contributed by atoms with Crippen LogP contribution in [0, 0.1) is 27.4 Å². The van der Waals surface area contributed by atoms with Crippen molar-refractivity contribution in [3.63, 3.8) is 0 Å². The van der Waals surface area contributed by atoms with Crippen LogP contribution < -0.4 is 4.90 Å². The average Bonchev–Trinajstić information content (AvgIpc) is 3.14. The summed E-state index contributed by atoms with van der Waals surface area (Å²) in [5, 5.41) is 0. The zero-order valence-electron chi connectivity index (χ0n) is 18.6. The van der Waals surface area contributed by atoms with Crippen LogP contribution in [0.25, 0.3) is 0 Å². The average molecular weight is 594 g/mol. The van der Waals surface area contributed by atoms with E-state index in [1.807, 2.05) is 0 Å². The molecule has 4 heteroatoms. The number of para-hydroxylation sites is 1. The summed E-state index contributed by atoms with van der Waals surface area (Å²) >= 11 is 1.75. The van der Waals surface area contributed by atoms with Crippen LogP contribution in [0.4, 0.5) is 5.69 Å². The molecule has 2 aromatic rings. The van der Waals surface area contributed by atoms with E-state index in [-0.39, 0.29) is 0 Å². The third-order valence-corrected chi connectivity index (χ3v) is 5.47. The summed E-state index contributed by atoms with van der Waals surface area (Å²) in [5.41, 5.74) is 9.67. The quantitative estimate of drug-likeness (QED) is 0.262. The molecule has 0 N–H and O–H groups in total. The summed E-state index contributed by atoms with van der Waals surface area (Å²) in [5.74, 6) is 0.993. The van der Waals surface area contributed by atoms with Gasteiger partial charge in [-0.1, -0.05) is 63.6 Å². The minimum absolute atomic E-state index is 0.496. The second-order valence-electron chi connectivity index (χ2n) is 8.46. The molecule has 29 heavy (non-hydrogen) atoms. The Balaban J connectivity index is 0.00000145. The summed E-state index contributed by atoms with van der Waals surface area (Å²) in [4.78, 5) is 4.61. The number of anilines is 1. The minimum atomic E-state index is 0.496. The monoisotopic (exact) mass is 593 g/mol. The molecule has 0 saturated heterocycles. The Kier molecular flexibility index (Phi) is 8.91. The van der Waals surface area contributed by atoms with E-state index in [9.17, 15) is 0 Å². The number of aryl methyl sites for hydroxylation is 3. The molecule has 0 bridgehead atoms. The molecule has 1 aliphatic rings. The van der Waals surface area contributed by atoms with Gasteiger partial charge in [0, 0.05) is 12.2 Å². The van der Waals surface area contributed by atoms with Gasteiger partial charge in [0.25, 0.3) is 0 Å². The fourth-order valence-electron chi connectivity index (χ4n) is 4.07. The molecular weight excluding hydrogens is 561 g/mol. The second kappa shape index (κ2) is 10.7. The SMILES string of the molecule is Cc1cc(C)c(CN2C=CN(c3c(C(C)C)cccc3C(C)C)[CH-]2)c(C)c1.[Cl][Au]. The molecule has 0 aliphatic carbocycles. The van der Waals surface area contributed by atoms with Gasteiger partial charge in [0.15, 0.2) is 0 Å². The van der Waals surface area contributed by atoms with Crippen molar-refractivity contribution in [2.24, 2.45) is 0 Å². The molecule has 1 heterocycles. The Hall–Kier alpha value is -1.19. The van der Waals surface area contributed by atoms with Gasteiger partial charge >= 0.3 is 29.2 Å². The van der Waals surface area contributed by atoms with Crippen molar-refractivity contribution in [2.75, 3.05) is 4.90 Å². The standard InChI is InChI=1S/C25H33N2.Au.ClH/c1-17(2)22-9-8-10-23(18(3)4)25(22)27-12-11-26(16-27)15-24-20(6)13-19(5)14-21(24)7;;/h8-14,16-18H,15H2,1-7H3;;1H/q-1;+1;/p-1. The van der Waals surface area contributed by atoms with Crippen molar-refractivity contribution in [1.29, 1.82) is 0 Å². The van der Waals surface area contributed by atoms with Crippen LogP contribution in [-0.2, 0) is 26.5 Å². The van der Waals surface area contributed by atoms with Crippen molar-refractivity contribution >= 4 is 14.9 Å². The Morgan fingerprint density at radius 2 is 1.41 bits per heavy atom. The van der Waals surface area contributed by atoms with Gasteiger partial charge < -0.3 is 9.80 Å². The van der Waals surface area contributed by atoms with E-state index in [2.05, 4.69) is 117 Å². The Morgan fingerprint density at radius 1 is 0.897 bits per heavy atom. The summed E-state index contributed by atoms with van der Waals surface area (Å²) in [6, 6.07) is 11.3. The van der Waals surface area contributed by atoms with Crippen LogP contribution in [0.5, 0.6) is 0 Å². The van der Waals surface area contributed by atoms with Crippen LogP contribution in [0.2, 0.25) is 0 Å². The molecule has 0 fully saturated rings. The molecule has 0 unspecified atom stereocenters. The van der Waals surface area contributed by atoms with E-state index in [0.717, 1.165) is 6.54 Å². The second-order valence-corrected chi connectivity index (χ2v) is 8.46. The van der Waals surface area contributed by atoms with Crippen molar-refractivity contribution in [1.82, 2.24) is 4.90 Å². The van der Waals surface area contributed by atoms with Crippen LogP contribution in [0.3, 0.4) is 0 Å². The Labute approximate surface area is 193 Å². The molecule has 3 rings (SSSR count). The molecular formula is C25H33AuClN2-. The van der Waals surface area contributed by atoms with Gasteiger partial charge in [-0.25, -0.2) is 0 Å². The van der Waals surface area contributed by atoms with E-state index in [1.165, 1.54) is 39.1 Å². The van der Waals surface area contributed by atoms with Crippen molar-refractivity contribution in [2.45, 2.75) is 66.8 Å². The van der Waals surface area contributed by atoms with Crippen molar-refractivity contribution < 1.29 is 20.0 Å². The molecule has 0 saturated carbocycles. The first kappa shape index (κ1) is 24.1. The molecule has 0 aromatic heterocycles. The normalized spacial score (nSPS) is 13.4. The molecule has 0 spiro atoms. The van der Waals surface area contributed by atoms with Crippen molar-refractivity contribution in [3.8, 4) is 0 Å². The molecule has 162 valence electrons. The third-order valence-electron chi connectivity index (χ3n) is 5.47. The predicted octanol–water partition coefficient (Wildman–Crippen LogP) is 7.46. The summed E-state index contributed by atoms with van der Waals surface area (Å²) in [7, 11) is 4.58. The predicted molar refractivity (Wildman–Crippen MR) is 123 cm³/mol. The van der Waals surface area contributed by atoms with Gasteiger partial charge in [0.2, 0.25) is 0 Å². The van der Waals surface area contributed by atoms with Crippen LogP contribution in [-0.4, -0.2) is 4.90 Å². The van der Waals surface area contributed by atoms with E-state index in [4.69, 9.17) is 0 Å². The number of nitrogens with zero attached hydrogens (tertiary/aromatic N) is 2. The molecule has 0 atom stereocenters. The van der Waals surface area contributed by atoms with Gasteiger partial charge in [-0.15, -0.1) is 0 Å². The van der Waals surface area contributed by atoms with Gasteiger partial charge in [0.05, 0.1) is 0 Å². The van der Waals surface area contributed by atoms with Crippen LogP contribution >= 0.6 is 9.19 Å². The first-order valence-corrected chi connectivity index (χ1v) is 12.8. The van der Waals surface area contributed by atoms with E-state index in [1.54, 1.807) is 20.0 Å². The molecule has 2 aromatic carbocycles. The first-order chi connectivity index (χ1) is 13.8. The maximum absolute atomic E-state index is 4.58. The summed E-state index contributed by atoms with van der Waals surface area (Å²) < 4.78 is 0. The first-order valence-electron chi connectivity index (χ1n) is 10.2. The van der Waals surface area contributed by atoms with E-state index >= 15 is 0 Å². The van der Waals surface area contributed by atoms with Crippen LogP contribution in [0.1, 0.15) is 72.9 Å². The van der Waals surface area contributed by atoms with Gasteiger partial charge in [0.1, 0.15) is 0 Å². The topological polar surface area (TPSA) is 6.48 Å². The Bertz CT molecular complexity index is 809. The zero-order valence-corrected chi connectivity index (χ0v) is 21.5. The summed E-state index contributed by atoms with van der Waals surface area (Å²) in [6.45, 7) is 18.9. The maximum atomic E-state index is 4.58. The summed E-state index contributed by atoms with van der Waals surface area (Å²) in [6.07, 6.45) is 4.39. The zero-order chi connectivity index (χ0) is 21.7. The molecule has 0 radical (unpaired) electrons. The number of hydrogen-bond donors (Lipinski definition) is 0. The Morgan fingerprint density at radius 3 is 1.90 bits per heavy atom. The van der Waals surface area contributed by atoms with Gasteiger partial charge in [-0.05, 0) is 72.8 Å². The van der Waals surface area contributed by atoms with Crippen LogP contribution in [0.15, 0.2) is 42.7 Å². The van der Waals surface area contributed by atoms with Crippen molar-refractivity contribution in [3.05, 3.63) is 82.8 Å². The van der Waals surface area contributed by atoms with E-state index in [0.29, 0.717) is 11.8 Å². The molecule has 2 nitrogen and oxygen atoms in total.